The Morgan fingerprint density at radius 1 is 1.25 bits per heavy atom. The van der Waals surface area contributed by atoms with Crippen molar-refractivity contribution >= 4 is 11.6 Å². The highest BCUT2D eigenvalue weighted by atomic mass is 16.3. The van der Waals surface area contributed by atoms with E-state index in [0.717, 1.165) is 22.5 Å². The Labute approximate surface area is 142 Å². The third kappa shape index (κ3) is 2.95. The molecule has 1 aliphatic rings. The second-order valence-electron chi connectivity index (χ2n) is 6.23. The lowest BCUT2D eigenvalue weighted by Crippen LogP contribution is -2.48. The number of aliphatic hydroxyl groups excluding tert-OH is 1. The molecule has 0 saturated carbocycles. The molecule has 0 aliphatic carbocycles. The molecule has 24 heavy (non-hydrogen) atoms. The largest absolute Gasteiger partial charge is 0.395 e. The van der Waals surface area contributed by atoms with Gasteiger partial charge in [-0.05, 0) is 38.0 Å². The van der Waals surface area contributed by atoms with Gasteiger partial charge in [-0.2, -0.15) is 0 Å². The van der Waals surface area contributed by atoms with E-state index in [1.807, 2.05) is 48.8 Å². The zero-order valence-electron chi connectivity index (χ0n) is 14.5. The van der Waals surface area contributed by atoms with Crippen LogP contribution in [-0.2, 0) is 13.1 Å². The fourth-order valence-corrected chi connectivity index (χ4v) is 3.21. The minimum absolute atomic E-state index is 0.0142. The van der Waals surface area contributed by atoms with E-state index in [4.69, 9.17) is 4.98 Å². The molecule has 0 bridgehead atoms. The van der Waals surface area contributed by atoms with Crippen molar-refractivity contribution in [3.8, 4) is 0 Å². The van der Waals surface area contributed by atoms with Crippen LogP contribution in [0.15, 0.2) is 29.1 Å². The molecular formula is C18H24N4O2. The summed E-state index contributed by atoms with van der Waals surface area (Å²) in [5.41, 5.74) is 3.72. The summed E-state index contributed by atoms with van der Waals surface area (Å²) < 4.78 is 1.72. The van der Waals surface area contributed by atoms with Crippen LogP contribution in [0.1, 0.15) is 23.7 Å². The van der Waals surface area contributed by atoms with Crippen LogP contribution in [0.2, 0.25) is 0 Å². The number of hydrogen-bond acceptors (Lipinski definition) is 5. The maximum absolute atomic E-state index is 12.9. The molecule has 1 aliphatic heterocycles. The zero-order chi connectivity index (χ0) is 17.3. The first-order valence-electron chi connectivity index (χ1n) is 8.33. The van der Waals surface area contributed by atoms with Crippen molar-refractivity contribution in [3.63, 3.8) is 0 Å². The van der Waals surface area contributed by atoms with Gasteiger partial charge in [0.2, 0.25) is 5.95 Å². The Bertz CT molecular complexity index is 800. The van der Waals surface area contributed by atoms with Crippen molar-refractivity contribution in [3.05, 3.63) is 51.4 Å². The van der Waals surface area contributed by atoms with Gasteiger partial charge in [0.05, 0.1) is 19.9 Å². The average Bonchev–Trinajstić information content (AvgIpc) is 2.56. The Kier molecular flexibility index (Phi) is 4.69. The smallest absolute Gasteiger partial charge is 0.259 e. The van der Waals surface area contributed by atoms with Gasteiger partial charge in [-0.15, -0.1) is 0 Å². The maximum Gasteiger partial charge on any atom is 0.259 e. The quantitative estimate of drug-likeness (QED) is 0.927. The number of fused-ring (bicyclic) bond motifs is 1. The summed E-state index contributed by atoms with van der Waals surface area (Å²) >= 11 is 0. The molecule has 128 valence electrons. The lowest BCUT2D eigenvalue weighted by molar-refractivity contribution is 0.152. The minimum Gasteiger partial charge on any atom is -0.395 e. The highest BCUT2D eigenvalue weighted by Crippen LogP contribution is 2.28. The fourth-order valence-electron chi connectivity index (χ4n) is 3.21. The van der Waals surface area contributed by atoms with Crippen LogP contribution in [0.25, 0.3) is 0 Å². The highest BCUT2D eigenvalue weighted by Gasteiger charge is 2.27. The van der Waals surface area contributed by atoms with Crippen molar-refractivity contribution in [1.29, 1.82) is 0 Å². The molecule has 0 radical (unpaired) electrons. The third-order valence-electron chi connectivity index (χ3n) is 4.46. The second kappa shape index (κ2) is 6.75. The molecule has 1 N–H and O–H groups in total. The van der Waals surface area contributed by atoms with E-state index < -0.39 is 0 Å². The number of hydrogen-bond donors (Lipinski definition) is 1. The fraction of sp³-hybridized carbons (Fsp3) is 0.444. The van der Waals surface area contributed by atoms with Crippen molar-refractivity contribution in [2.45, 2.75) is 33.9 Å². The van der Waals surface area contributed by atoms with E-state index in [9.17, 15) is 9.90 Å². The van der Waals surface area contributed by atoms with E-state index in [1.165, 1.54) is 0 Å². The van der Waals surface area contributed by atoms with Crippen LogP contribution in [0.3, 0.4) is 0 Å². The predicted octanol–water partition coefficient (Wildman–Crippen LogP) is 1.78. The maximum atomic E-state index is 12.9. The third-order valence-corrected chi connectivity index (χ3v) is 4.46. The standard InChI is InChI=1S/C18H24N4O2/c1-4-16-14(3)19-18-21(15-7-5-6-13(2)10-15)11-20(8-9-23)12-22(18)17(16)24/h5-7,10,23H,4,8-9,11-12H2,1-3H3. The molecular weight excluding hydrogens is 304 g/mol. The van der Waals surface area contributed by atoms with E-state index in [1.54, 1.807) is 4.57 Å². The van der Waals surface area contributed by atoms with Gasteiger partial charge in [0, 0.05) is 23.5 Å². The molecule has 2 aromatic rings. The summed E-state index contributed by atoms with van der Waals surface area (Å²) in [7, 11) is 0. The minimum atomic E-state index is 0.0142. The Hall–Kier alpha value is -2.18. The molecule has 2 heterocycles. The molecule has 0 spiro atoms. The first kappa shape index (κ1) is 16.7. The van der Waals surface area contributed by atoms with Gasteiger partial charge in [0.25, 0.3) is 5.56 Å². The van der Waals surface area contributed by atoms with Gasteiger partial charge in [0.15, 0.2) is 0 Å². The normalized spacial score (nSPS) is 14.8. The molecule has 0 amide bonds. The molecule has 6 heteroatoms. The van der Waals surface area contributed by atoms with Gasteiger partial charge in [0.1, 0.15) is 0 Å². The van der Waals surface area contributed by atoms with E-state index in [0.29, 0.717) is 32.3 Å². The number of aliphatic hydroxyl groups is 1. The van der Waals surface area contributed by atoms with Gasteiger partial charge >= 0.3 is 0 Å². The van der Waals surface area contributed by atoms with E-state index >= 15 is 0 Å². The summed E-state index contributed by atoms with van der Waals surface area (Å²) in [5, 5.41) is 9.32. The second-order valence-corrected chi connectivity index (χ2v) is 6.23. The summed E-state index contributed by atoms with van der Waals surface area (Å²) in [4.78, 5) is 21.7. The van der Waals surface area contributed by atoms with Crippen LogP contribution < -0.4 is 10.5 Å². The van der Waals surface area contributed by atoms with Gasteiger partial charge in [-0.25, -0.2) is 4.98 Å². The topological polar surface area (TPSA) is 61.6 Å². The monoisotopic (exact) mass is 328 g/mol. The first-order chi connectivity index (χ1) is 11.5. The van der Waals surface area contributed by atoms with Crippen molar-refractivity contribution in [2.24, 2.45) is 0 Å². The van der Waals surface area contributed by atoms with Crippen LogP contribution in [-0.4, -0.2) is 39.4 Å². The summed E-state index contributed by atoms with van der Waals surface area (Å²) in [6, 6.07) is 8.16. The molecule has 0 unspecified atom stereocenters. The summed E-state index contributed by atoms with van der Waals surface area (Å²) in [6.07, 6.45) is 0.669. The van der Waals surface area contributed by atoms with Crippen LogP contribution in [0, 0.1) is 13.8 Å². The van der Waals surface area contributed by atoms with Crippen molar-refractivity contribution in [1.82, 2.24) is 14.5 Å². The SMILES string of the molecule is CCc1c(C)nc2n(c1=O)CN(CCO)CN2c1cccc(C)c1. The Morgan fingerprint density at radius 2 is 2.04 bits per heavy atom. The number of nitrogens with zero attached hydrogens (tertiary/aromatic N) is 4. The lowest BCUT2D eigenvalue weighted by Gasteiger charge is -2.38. The van der Waals surface area contributed by atoms with Gasteiger partial charge in [-0.1, -0.05) is 19.1 Å². The van der Waals surface area contributed by atoms with Gasteiger partial charge < -0.3 is 5.11 Å². The van der Waals surface area contributed by atoms with Crippen molar-refractivity contribution < 1.29 is 5.11 Å². The van der Waals surface area contributed by atoms with Crippen LogP contribution in [0.5, 0.6) is 0 Å². The number of anilines is 2. The predicted molar refractivity (Wildman–Crippen MR) is 94.6 cm³/mol. The van der Waals surface area contributed by atoms with E-state index in [-0.39, 0.29) is 12.2 Å². The number of aryl methyl sites for hydroxylation is 2. The van der Waals surface area contributed by atoms with Gasteiger partial charge in [-0.3, -0.25) is 19.2 Å². The molecule has 0 fully saturated rings. The summed E-state index contributed by atoms with van der Waals surface area (Å²) in [5.74, 6) is 0.675. The average molecular weight is 328 g/mol. The molecule has 6 nitrogen and oxygen atoms in total. The molecule has 1 aromatic carbocycles. The highest BCUT2D eigenvalue weighted by molar-refractivity contribution is 5.59. The zero-order valence-corrected chi connectivity index (χ0v) is 14.5. The summed E-state index contributed by atoms with van der Waals surface area (Å²) in [6.45, 7) is 7.55. The molecule has 0 saturated heterocycles. The Balaban J connectivity index is 2.16. The Morgan fingerprint density at radius 3 is 2.71 bits per heavy atom. The number of β-amino-alcohol motifs (C(OH)–C–C–N with tert-alkyl or cyclic N) is 1. The number of aromatic nitrogens is 2. The molecule has 1 aromatic heterocycles. The molecule has 3 rings (SSSR count). The van der Waals surface area contributed by atoms with Crippen molar-refractivity contribution in [2.75, 3.05) is 24.7 Å². The van der Waals surface area contributed by atoms with E-state index in [2.05, 4.69) is 6.07 Å². The number of benzene rings is 1. The first-order valence-corrected chi connectivity index (χ1v) is 8.33. The number of rotatable bonds is 4. The lowest BCUT2D eigenvalue weighted by atomic mass is 10.2. The molecule has 0 atom stereocenters. The van der Waals surface area contributed by atoms with Crippen LogP contribution in [0.4, 0.5) is 11.6 Å². The van der Waals surface area contributed by atoms with Crippen LogP contribution >= 0.6 is 0 Å².